The molecule has 2 rings (SSSR count). The van der Waals surface area contributed by atoms with Crippen molar-refractivity contribution in [2.45, 2.75) is 13.0 Å². The van der Waals surface area contributed by atoms with E-state index in [1.807, 2.05) is 0 Å². The molecule has 0 spiro atoms. The van der Waals surface area contributed by atoms with Crippen molar-refractivity contribution in [3.05, 3.63) is 32.7 Å². The maximum absolute atomic E-state index is 9.09. The molecule has 0 aromatic heterocycles. The van der Waals surface area contributed by atoms with Gasteiger partial charge in [0.25, 0.3) is 0 Å². The third kappa shape index (κ3) is 3.06. The molecule has 0 aliphatic carbocycles. The zero-order valence-corrected chi connectivity index (χ0v) is 12.2. The zero-order chi connectivity index (χ0) is 11.5. The van der Waals surface area contributed by atoms with E-state index in [4.69, 9.17) is 5.11 Å². The Labute approximate surface area is 113 Å². The third-order valence-corrected chi connectivity index (χ3v) is 4.90. The number of nitrogens with zero attached hydrogens (tertiary/aromatic N) is 1. The van der Waals surface area contributed by atoms with E-state index >= 15 is 0 Å². The second kappa shape index (κ2) is 5.63. The Balaban J connectivity index is 1.97. The van der Waals surface area contributed by atoms with Crippen LogP contribution < -0.4 is 0 Å². The van der Waals surface area contributed by atoms with Crippen LogP contribution in [0.4, 0.5) is 0 Å². The number of halogens is 2. The lowest BCUT2D eigenvalue weighted by Crippen LogP contribution is -2.20. The number of likely N-dealkylation sites (tertiary alicyclic amines) is 1. The van der Waals surface area contributed by atoms with E-state index in [-0.39, 0.29) is 0 Å². The summed E-state index contributed by atoms with van der Waals surface area (Å²) < 4.78 is 2.19. The first-order chi connectivity index (χ1) is 7.69. The van der Waals surface area contributed by atoms with Gasteiger partial charge in [-0.2, -0.15) is 0 Å². The number of aliphatic hydroxyl groups is 1. The first-order valence-electron chi connectivity index (χ1n) is 5.46. The average Bonchev–Trinajstić information content (AvgIpc) is 2.71. The molecule has 0 radical (unpaired) electrons. The fourth-order valence-electron chi connectivity index (χ4n) is 2.10. The Kier molecular flexibility index (Phi) is 4.41. The van der Waals surface area contributed by atoms with Crippen molar-refractivity contribution in [2.24, 2.45) is 5.92 Å². The van der Waals surface area contributed by atoms with Crippen molar-refractivity contribution in [1.29, 1.82) is 0 Å². The number of rotatable bonds is 3. The van der Waals surface area contributed by atoms with Crippen LogP contribution in [-0.4, -0.2) is 29.7 Å². The summed E-state index contributed by atoms with van der Waals surface area (Å²) in [5.41, 5.74) is 1.31. The van der Waals surface area contributed by atoms with Crippen molar-refractivity contribution in [3.8, 4) is 0 Å². The third-order valence-electron chi connectivity index (χ3n) is 3.02. The summed E-state index contributed by atoms with van der Waals surface area (Å²) in [5.74, 6) is 0.471. The van der Waals surface area contributed by atoms with Crippen molar-refractivity contribution < 1.29 is 5.11 Å². The highest BCUT2D eigenvalue weighted by Crippen LogP contribution is 2.25. The normalized spacial score (nSPS) is 21.6. The minimum absolute atomic E-state index is 0.320. The molecular weight excluding hydrogens is 334 g/mol. The van der Waals surface area contributed by atoms with Gasteiger partial charge in [0.2, 0.25) is 0 Å². The highest BCUT2D eigenvalue weighted by Gasteiger charge is 2.21. The molecule has 0 saturated carbocycles. The van der Waals surface area contributed by atoms with Crippen LogP contribution in [0.15, 0.2) is 27.1 Å². The predicted molar refractivity (Wildman–Crippen MR) is 72.3 cm³/mol. The summed E-state index contributed by atoms with van der Waals surface area (Å²) in [7, 11) is 0. The van der Waals surface area contributed by atoms with Gasteiger partial charge in [-0.3, -0.25) is 4.90 Å². The van der Waals surface area contributed by atoms with Crippen LogP contribution in [0.1, 0.15) is 12.0 Å². The van der Waals surface area contributed by atoms with Gasteiger partial charge in [-0.1, -0.05) is 6.07 Å². The largest absolute Gasteiger partial charge is 0.396 e. The summed E-state index contributed by atoms with van der Waals surface area (Å²) in [6.45, 7) is 3.41. The maximum atomic E-state index is 9.09. The predicted octanol–water partition coefficient (Wildman–Crippen LogP) is 3.03. The summed E-state index contributed by atoms with van der Waals surface area (Å²) in [6.07, 6.45) is 1.12. The summed E-state index contributed by atoms with van der Waals surface area (Å²) in [5, 5.41) is 9.09. The van der Waals surface area contributed by atoms with Gasteiger partial charge in [0, 0.05) is 28.6 Å². The van der Waals surface area contributed by atoms with Crippen molar-refractivity contribution in [2.75, 3.05) is 19.7 Å². The van der Waals surface area contributed by atoms with E-state index in [1.165, 1.54) is 5.56 Å². The molecule has 0 bridgehead atoms. The van der Waals surface area contributed by atoms with Crippen LogP contribution >= 0.6 is 31.9 Å². The van der Waals surface area contributed by atoms with Gasteiger partial charge >= 0.3 is 0 Å². The molecule has 1 aliphatic heterocycles. The van der Waals surface area contributed by atoms with E-state index in [1.54, 1.807) is 0 Å². The smallest absolute Gasteiger partial charge is 0.0471 e. The van der Waals surface area contributed by atoms with Crippen LogP contribution in [0.2, 0.25) is 0 Å². The summed E-state index contributed by atoms with van der Waals surface area (Å²) in [4.78, 5) is 2.40. The minimum Gasteiger partial charge on any atom is -0.396 e. The Morgan fingerprint density at radius 2 is 2.12 bits per heavy atom. The standard InChI is InChI=1S/C12H15Br2NO/c13-11-2-1-9(5-12(11)14)6-15-4-3-10(7-15)8-16/h1-2,5,10,16H,3-4,6-8H2. The molecule has 0 amide bonds. The lowest BCUT2D eigenvalue weighted by atomic mass is 10.1. The molecule has 1 saturated heterocycles. The lowest BCUT2D eigenvalue weighted by molar-refractivity contribution is 0.220. The van der Waals surface area contributed by atoms with Crippen LogP contribution in [0, 0.1) is 5.92 Å². The van der Waals surface area contributed by atoms with Crippen LogP contribution in [0.3, 0.4) is 0 Å². The first-order valence-corrected chi connectivity index (χ1v) is 7.05. The molecular formula is C12H15Br2NO. The van der Waals surface area contributed by atoms with E-state index in [9.17, 15) is 0 Å². The second-order valence-corrected chi connectivity index (χ2v) is 6.03. The summed E-state index contributed by atoms with van der Waals surface area (Å²) >= 11 is 6.98. The van der Waals surface area contributed by atoms with Crippen molar-refractivity contribution >= 4 is 31.9 Å². The maximum Gasteiger partial charge on any atom is 0.0471 e. The van der Waals surface area contributed by atoms with Gasteiger partial charge in [-0.05, 0) is 68.4 Å². The van der Waals surface area contributed by atoms with E-state index < -0.39 is 0 Å². The molecule has 1 aromatic carbocycles. The highest BCUT2D eigenvalue weighted by molar-refractivity contribution is 9.13. The molecule has 16 heavy (non-hydrogen) atoms. The quantitative estimate of drug-likeness (QED) is 0.907. The number of hydrogen-bond donors (Lipinski definition) is 1. The van der Waals surface area contributed by atoms with Crippen LogP contribution in [-0.2, 0) is 6.54 Å². The van der Waals surface area contributed by atoms with Crippen molar-refractivity contribution in [1.82, 2.24) is 4.90 Å². The van der Waals surface area contributed by atoms with Gasteiger partial charge in [-0.15, -0.1) is 0 Å². The SMILES string of the molecule is OCC1CCN(Cc2ccc(Br)c(Br)c2)C1. The Morgan fingerprint density at radius 3 is 2.75 bits per heavy atom. The van der Waals surface area contributed by atoms with Crippen molar-refractivity contribution in [3.63, 3.8) is 0 Å². The van der Waals surface area contributed by atoms with E-state index in [2.05, 4.69) is 55.0 Å². The molecule has 1 N–H and O–H groups in total. The minimum atomic E-state index is 0.320. The molecule has 1 fully saturated rings. The number of aliphatic hydroxyl groups excluding tert-OH is 1. The number of hydrogen-bond acceptors (Lipinski definition) is 2. The van der Waals surface area contributed by atoms with Gasteiger partial charge in [0.15, 0.2) is 0 Å². The molecule has 1 heterocycles. The fourth-order valence-corrected chi connectivity index (χ4v) is 2.77. The van der Waals surface area contributed by atoms with Gasteiger partial charge < -0.3 is 5.11 Å². The van der Waals surface area contributed by atoms with E-state index in [0.29, 0.717) is 12.5 Å². The zero-order valence-electron chi connectivity index (χ0n) is 9.00. The molecule has 1 aliphatic rings. The van der Waals surface area contributed by atoms with E-state index in [0.717, 1.165) is 35.0 Å². The van der Waals surface area contributed by atoms with Gasteiger partial charge in [-0.25, -0.2) is 0 Å². The second-order valence-electron chi connectivity index (χ2n) is 4.32. The summed E-state index contributed by atoms with van der Waals surface area (Å²) in [6, 6.07) is 6.36. The molecule has 2 nitrogen and oxygen atoms in total. The number of benzene rings is 1. The Hall–Kier alpha value is 0.1000. The molecule has 88 valence electrons. The highest BCUT2D eigenvalue weighted by atomic mass is 79.9. The Bertz CT molecular complexity index is 370. The molecule has 1 unspecified atom stereocenters. The topological polar surface area (TPSA) is 23.5 Å². The fraction of sp³-hybridized carbons (Fsp3) is 0.500. The molecule has 1 aromatic rings. The average molecular weight is 349 g/mol. The van der Waals surface area contributed by atoms with Crippen LogP contribution in [0.25, 0.3) is 0 Å². The molecule has 4 heteroatoms. The Morgan fingerprint density at radius 1 is 1.31 bits per heavy atom. The van der Waals surface area contributed by atoms with Gasteiger partial charge in [0.05, 0.1) is 0 Å². The van der Waals surface area contributed by atoms with Crippen LogP contribution in [0.5, 0.6) is 0 Å². The van der Waals surface area contributed by atoms with Gasteiger partial charge in [0.1, 0.15) is 0 Å². The lowest BCUT2D eigenvalue weighted by Gasteiger charge is -2.15. The first kappa shape index (κ1) is 12.6. The monoisotopic (exact) mass is 347 g/mol. The molecule has 1 atom stereocenters.